The highest BCUT2D eigenvalue weighted by Gasteiger charge is 2.34. The zero-order chi connectivity index (χ0) is 17.9. The molecule has 0 radical (unpaired) electrons. The second-order valence-electron chi connectivity index (χ2n) is 5.68. The topological polar surface area (TPSA) is 49.4 Å². The van der Waals surface area contributed by atoms with Crippen molar-refractivity contribution in [1.82, 2.24) is 10.2 Å². The van der Waals surface area contributed by atoms with Crippen molar-refractivity contribution < 1.29 is 9.59 Å². The highest BCUT2D eigenvalue weighted by Crippen LogP contribution is 2.35. The number of nitrogens with zero attached hydrogens (tertiary/aromatic N) is 1. The lowest BCUT2D eigenvalue weighted by molar-refractivity contribution is -0.128. The van der Waals surface area contributed by atoms with Crippen molar-refractivity contribution in [1.29, 1.82) is 0 Å². The van der Waals surface area contributed by atoms with E-state index in [-0.39, 0.29) is 17.2 Å². The third-order valence-corrected chi connectivity index (χ3v) is 4.91. The molecule has 7 heteroatoms. The quantitative estimate of drug-likeness (QED) is 0.279. The molecule has 1 fully saturated rings. The number of carbonyl (C=O) groups excluding carboxylic acids is 2. The third-order valence-electron chi connectivity index (χ3n) is 3.18. The first-order chi connectivity index (χ1) is 11.2. The molecule has 0 aromatic heterocycles. The van der Waals surface area contributed by atoms with Gasteiger partial charge in [-0.15, -0.1) is 18.3 Å². The second-order valence-corrected chi connectivity index (χ2v) is 8.23. The van der Waals surface area contributed by atoms with E-state index in [2.05, 4.69) is 11.9 Å². The highest BCUT2D eigenvalue weighted by atomic mass is 35.5. The summed E-state index contributed by atoms with van der Waals surface area (Å²) in [6.07, 6.45) is 3.23. The molecular formula is C17H17ClN2O2S2. The maximum atomic E-state index is 12.5. The zero-order valence-corrected chi connectivity index (χ0v) is 15.7. The Bertz CT molecular complexity index is 727. The first kappa shape index (κ1) is 18.7. The Kier molecular flexibility index (Phi) is 5.85. The number of hydrogen-bond donors (Lipinski definition) is 1. The molecule has 0 unspecified atom stereocenters. The minimum Gasteiger partial charge on any atom is -0.298 e. The summed E-state index contributed by atoms with van der Waals surface area (Å²) in [6.45, 7) is 7.72. The van der Waals surface area contributed by atoms with Gasteiger partial charge in [-0.05, 0) is 50.3 Å². The summed E-state index contributed by atoms with van der Waals surface area (Å²) >= 11 is 12.5. The zero-order valence-electron chi connectivity index (χ0n) is 13.3. The number of hydrogen-bond acceptors (Lipinski definition) is 4. The molecule has 0 spiro atoms. The second kappa shape index (κ2) is 7.51. The van der Waals surface area contributed by atoms with Crippen LogP contribution in [0.4, 0.5) is 0 Å². The SMILES string of the molecule is C=CCN1C(=O)/C(=C\C(C)(C)Sc2ccc(Cl)cc2)C(=O)NC1=S. The molecule has 2 amide bonds. The number of carbonyl (C=O) groups is 2. The van der Waals surface area contributed by atoms with E-state index < -0.39 is 16.6 Å². The van der Waals surface area contributed by atoms with Gasteiger partial charge in [-0.2, -0.15) is 0 Å². The van der Waals surface area contributed by atoms with E-state index in [1.165, 1.54) is 16.7 Å². The normalized spacial score (nSPS) is 17.2. The van der Waals surface area contributed by atoms with Crippen LogP contribution in [0.1, 0.15) is 13.8 Å². The fraction of sp³-hybridized carbons (Fsp3) is 0.235. The van der Waals surface area contributed by atoms with Gasteiger partial charge in [0.05, 0.1) is 0 Å². The van der Waals surface area contributed by atoms with Crippen LogP contribution < -0.4 is 5.32 Å². The van der Waals surface area contributed by atoms with Crippen molar-refractivity contribution >= 4 is 52.5 Å². The summed E-state index contributed by atoms with van der Waals surface area (Å²) in [4.78, 5) is 27.0. The molecular weight excluding hydrogens is 364 g/mol. The summed E-state index contributed by atoms with van der Waals surface area (Å²) in [7, 11) is 0. The average molecular weight is 381 g/mol. The van der Waals surface area contributed by atoms with Gasteiger partial charge in [0.1, 0.15) is 5.57 Å². The lowest BCUT2D eigenvalue weighted by atomic mass is 10.1. The summed E-state index contributed by atoms with van der Waals surface area (Å²) in [6, 6.07) is 7.40. The van der Waals surface area contributed by atoms with Gasteiger partial charge >= 0.3 is 0 Å². The van der Waals surface area contributed by atoms with E-state index in [0.717, 1.165) is 4.90 Å². The van der Waals surface area contributed by atoms with E-state index >= 15 is 0 Å². The van der Waals surface area contributed by atoms with Crippen molar-refractivity contribution in [3.05, 3.63) is 53.6 Å². The molecule has 0 aliphatic carbocycles. The Morgan fingerprint density at radius 2 is 1.96 bits per heavy atom. The Morgan fingerprint density at radius 1 is 1.33 bits per heavy atom. The van der Waals surface area contributed by atoms with Crippen LogP contribution in [0.15, 0.2) is 53.5 Å². The lowest BCUT2D eigenvalue weighted by Crippen LogP contribution is -2.54. The summed E-state index contributed by atoms with van der Waals surface area (Å²) in [5.74, 6) is -0.886. The van der Waals surface area contributed by atoms with E-state index in [1.54, 1.807) is 24.3 Å². The van der Waals surface area contributed by atoms with Crippen LogP contribution in [0, 0.1) is 0 Å². The maximum Gasteiger partial charge on any atom is 0.265 e. The summed E-state index contributed by atoms with van der Waals surface area (Å²) < 4.78 is -0.477. The molecule has 0 saturated carbocycles. The molecule has 126 valence electrons. The Morgan fingerprint density at radius 3 is 2.54 bits per heavy atom. The number of rotatable bonds is 5. The van der Waals surface area contributed by atoms with E-state index in [4.69, 9.17) is 23.8 Å². The van der Waals surface area contributed by atoms with E-state index in [9.17, 15) is 9.59 Å². The predicted molar refractivity (Wildman–Crippen MR) is 102 cm³/mol. The van der Waals surface area contributed by atoms with Gasteiger partial charge in [-0.3, -0.25) is 19.8 Å². The van der Waals surface area contributed by atoms with Crippen LogP contribution in [-0.2, 0) is 9.59 Å². The Hall–Kier alpha value is -1.63. The van der Waals surface area contributed by atoms with Crippen molar-refractivity contribution in [3.8, 4) is 0 Å². The van der Waals surface area contributed by atoms with Gasteiger partial charge in [0, 0.05) is 21.2 Å². The third kappa shape index (κ3) is 4.47. The van der Waals surface area contributed by atoms with Crippen LogP contribution in [0.2, 0.25) is 5.02 Å². The first-order valence-corrected chi connectivity index (χ1v) is 8.79. The van der Waals surface area contributed by atoms with Crippen LogP contribution >= 0.6 is 35.6 Å². The van der Waals surface area contributed by atoms with Crippen LogP contribution in [0.3, 0.4) is 0 Å². The van der Waals surface area contributed by atoms with Gasteiger partial charge in [0.25, 0.3) is 11.8 Å². The smallest absolute Gasteiger partial charge is 0.265 e. The van der Waals surface area contributed by atoms with Gasteiger partial charge in [-0.1, -0.05) is 23.8 Å². The fourth-order valence-electron chi connectivity index (χ4n) is 2.17. The van der Waals surface area contributed by atoms with Crippen LogP contribution in [0.25, 0.3) is 0 Å². The predicted octanol–water partition coefficient (Wildman–Crippen LogP) is 3.57. The molecule has 24 heavy (non-hydrogen) atoms. The fourth-order valence-corrected chi connectivity index (χ4v) is 3.60. The molecule has 1 heterocycles. The van der Waals surface area contributed by atoms with Crippen molar-refractivity contribution in [2.45, 2.75) is 23.5 Å². The van der Waals surface area contributed by atoms with Gasteiger partial charge in [0.15, 0.2) is 5.11 Å². The average Bonchev–Trinajstić information content (AvgIpc) is 2.50. The van der Waals surface area contributed by atoms with Crippen molar-refractivity contribution in [3.63, 3.8) is 0 Å². The van der Waals surface area contributed by atoms with Crippen LogP contribution in [-0.4, -0.2) is 33.1 Å². The number of nitrogens with one attached hydrogen (secondary N) is 1. The molecule has 0 atom stereocenters. The lowest BCUT2D eigenvalue weighted by Gasteiger charge is -2.29. The number of benzene rings is 1. The molecule has 1 aromatic rings. The Labute approximate surface area is 155 Å². The standard InChI is InChI=1S/C17H17ClN2O2S2/c1-4-9-20-15(22)13(14(21)19-16(20)23)10-17(2,3)24-12-7-5-11(18)6-8-12/h4-8,10H,1,9H2,2-3H3,(H,19,21,23)/b13-10-. The Balaban J connectivity index is 2.27. The molecule has 1 saturated heterocycles. The first-order valence-electron chi connectivity index (χ1n) is 7.19. The minimum absolute atomic E-state index is 0.0805. The molecule has 2 rings (SSSR count). The van der Waals surface area contributed by atoms with Crippen LogP contribution in [0.5, 0.6) is 0 Å². The van der Waals surface area contributed by atoms with Crippen molar-refractivity contribution in [2.24, 2.45) is 0 Å². The molecule has 4 nitrogen and oxygen atoms in total. The molecule has 1 aliphatic rings. The van der Waals surface area contributed by atoms with E-state index in [0.29, 0.717) is 5.02 Å². The summed E-state index contributed by atoms with van der Waals surface area (Å²) in [5.41, 5.74) is 0.0805. The molecule has 1 aromatic carbocycles. The number of thiocarbonyl (C=S) groups is 1. The largest absolute Gasteiger partial charge is 0.298 e. The van der Waals surface area contributed by atoms with Gasteiger partial charge in [0.2, 0.25) is 0 Å². The number of thioether (sulfide) groups is 1. The van der Waals surface area contributed by atoms with Gasteiger partial charge in [-0.25, -0.2) is 0 Å². The number of amides is 2. The number of halogens is 1. The molecule has 0 bridgehead atoms. The summed E-state index contributed by atoms with van der Waals surface area (Å²) in [5, 5.41) is 3.30. The minimum atomic E-state index is -0.477. The molecule has 1 aliphatic heterocycles. The van der Waals surface area contributed by atoms with Gasteiger partial charge < -0.3 is 0 Å². The molecule has 1 N–H and O–H groups in total. The maximum absolute atomic E-state index is 12.5. The monoisotopic (exact) mass is 380 g/mol. The highest BCUT2D eigenvalue weighted by molar-refractivity contribution is 8.00. The van der Waals surface area contributed by atoms with Crippen molar-refractivity contribution in [2.75, 3.05) is 6.54 Å². The van der Waals surface area contributed by atoms with E-state index in [1.807, 2.05) is 26.0 Å².